The van der Waals surface area contributed by atoms with Crippen molar-refractivity contribution >= 4 is 11.7 Å². The summed E-state index contributed by atoms with van der Waals surface area (Å²) in [5.74, 6) is 0.962. The summed E-state index contributed by atoms with van der Waals surface area (Å²) in [6, 6.07) is 0. The Morgan fingerprint density at radius 1 is 1.75 bits per heavy atom. The molecule has 0 saturated heterocycles. The molecule has 1 rings (SSSR count). The lowest BCUT2D eigenvalue weighted by Gasteiger charge is -2.05. The first-order chi connectivity index (χ1) is 5.61. The van der Waals surface area contributed by atoms with Crippen molar-refractivity contribution < 1.29 is 4.79 Å². The highest BCUT2D eigenvalue weighted by molar-refractivity contribution is 5.79. The highest BCUT2D eigenvalue weighted by atomic mass is 16.1. The first-order valence-corrected chi connectivity index (χ1v) is 3.43. The van der Waals surface area contributed by atoms with Crippen LogP contribution in [0.25, 0.3) is 5.82 Å². The molecule has 0 aliphatic carbocycles. The number of aryl methyl sites for hydroxylation is 1. The molecule has 1 aromatic heterocycles. The van der Waals surface area contributed by atoms with Gasteiger partial charge in [0.05, 0.1) is 6.20 Å². The average molecular weight is 163 g/mol. The van der Waals surface area contributed by atoms with E-state index in [-0.39, 0.29) is 5.91 Å². The molecule has 12 heavy (non-hydrogen) atoms. The lowest BCUT2D eigenvalue weighted by molar-refractivity contribution is -0.117. The predicted molar refractivity (Wildman–Crippen MR) is 43.8 cm³/mol. The second-order valence-electron chi connectivity index (χ2n) is 2.35. The average Bonchev–Trinajstić information content (AvgIpc) is 2.33. The maximum atomic E-state index is 10.6. The molecule has 0 aromatic carbocycles. The fourth-order valence-electron chi connectivity index (χ4n) is 0.809. The zero-order chi connectivity index (χ0) is 9.14. The highest BCUT2D eigenvalue weighted by Gasteiger charge is 2.01. The van der Waals surface area contributed by atoms with Crippen molar-refractivity contribution in [3.8, 4) is 0 Å². The minimum Gasteiger partial charge on any atom is -0.312 e. The Kier molecular flexibility index (Phi) is 2.15. The Labute approximate surface area is 70.9 Å². The molecule has 0 atom stereocenters. The fourth-order valence-corrected chi connectivity index (χ4v) is 0.809. The van der Waals surface area contributed by atoms with Gasteiger partial charge in [-0.3, -0.25) is 4.79 Å². The highest BCUT2D eigenvalue weighted by Crippen LogP contribution is 1.97. The molecular weight excluding hydrogens is 154 g/mol. The van der Waals surface area contributed by atoms with Gasteiger partial charge in [-0.05, 0) is 6.92 Å². The van der Waals surface area contributed by atoms with E-state index in [0.29, 0.717) is 11.6 Å². The Bertz CT molecular complexity index is 314. The summed E-state index contributed by atoms with van der Waals surface area (Å²) in [6.45, 7) is 6.83. The van der Waals surface area contributed by atoms with Crippen molar-refractivity contribution in [3.05, 3.63) is 24.8 Å². The molecule has 0 fully saturated rings. The van der Waals surface area contributed by atoms with Gasteiger partial charge in [-0.25, -0.2) is 4.57 Å². The standard InChI is InChI=1S/C8H9N3O/c1-6-9-4-5-11(6)7(2)10-8(3)12/h2H2,1,3H3,(H,10,12). The Balaban J connectivity index is 2.78. The summed E-state index contributed by atoms with van der Waals surface area (Å²) < 4.78 is 1.53. The number of carbonyl (C=O) groups excluding carboxylic acids is 1. The van der Waals surface area contributed by atoms with Gasteiger partial charge in [0, 0.05) is 13.1 Å². The normalized spacial score (nSPS) is 8.83. The van der Waals surface area contributed by atoms with Crippen LogP contribution in [-0.4, -0.2) is 15.5 Å². The molecule has 0 unspecified atom stereocenters. The summed E-state index contributed by atoms with van der Waals surface area (Å²) >= 11 is 0. The molecule has 0 aliphatic rings. The van der Waals surface area contributed by atoms with Crippen LogP contribution in [0.5, 0.6) is 0 Å². The number of hydrogen-bond donors (Lipinski definition) is 1. The zero-order valence-electron chi connectivity index (χ0n) is 7.01. The lowest BCUT2D eigenvalue weighted by Crippen LogP contribution is -2.21. The van der Waals surface area contributed by atoms with Gasteiger partial charge >= 0.3 is 0 Å². The van der Waals surface area contributed by atoms with Crippen LogP contribution in [0.1, 0.15) is 12.7 Å². The van der Waals surface area contributed by atoms with Crippen LogP contribution in [-0.2, 0) is 4.79 Å². The molecule has 4 nitrogen and oxygen atoms in total. The summed E-state index contributed by atoms with van der Waals surface area (Å²) in [6.07, 6.45) is 5.20. The van der Waals surface area contributed by atoms with Crippen LogP contribution in [0.2, 0.25) is 0 Å². The van der Waals surface area contributed by atoms with Crippen molar-refractivity contribution in [2.24, 2.45) is 0 Å². The molecule has 4 heteroatoms. The molecule has 0 radical (unpaired) electrons. The summed E-state index contributed by atoms with van der Waals surface area (Å²) in [5, 5.41) is 2.52. The Morgan fingerprint density at radius 3 is 2.83 bits per heavy atom. The number of nitrogens with one attached hydrogen (secondary N) is 1. The molecule has 1 amide bonds. The van der Waals surface area contributed by atoms with Gasteiger partial charge in [0.25, 0.3) is 0 Å². The molecule has 62 valence electrons. The second kappa shape index (κ2) is 3.09. The number of amides is 1. The molecule has 1 heterocycles. The second-order valence-corrected chi connectivity index (χ2v) is 2.35. The van der Waals surface area contributed by atoms with E-state index in [1.807, 2.05) is 0 Å². The third kappa shape index (κ3) is 1.64. The van der Waals surface area contributed by atoms with E-state index < -0.39 is 0 Å². The monoisotopic (exact) mass is 163 g/mol. The minimum atomic E-state index is -0.165. The van der Waals surface area contributed by atoms with Crippen LogP contribution in [0.4, 0.5) is 0 Å². The Hall–Kier alpha value is -1.76. The van der Waals surface area contributed by atoms with Gasteiger partial charge < -0.3 is 5.32 Å². The van der Waals surface area contributed by atoms with Crippen molar-refractivity contribution in [3.63, 3.8) is 0 Å². The summed E-state index contributed by atoms with van der Waals surface area (Å²) in [4.78, 5) is 14.4. The van der Waals surface area contributed by atoms with Crippen LogP contribution >= 0.6 is 0 Å². The maximum Gasteiger partial charge on any atom is 0.222 e. The van der Waals surface area contributed by atoms with E-state index in [1.165, 1.54) is 11.5 Å². The van der Waals surface area contributed by atoms with Crippen molar-refractivity contribution in [1.29, 1.82) is 0 Å². The van der Waals surface area contributed by atoms with Gasteiger partial charge in [-0.1, -0.05) is 6.58 Å². The van der Waals surface area contributed by atoms with Crippen LogP contribution in [0.15, 0.2) is 6.58 Å². The van der Waals surface area contributed by atoms with E-state index in [0.717, 1.165) is 0 Å². The molecule has 0 aliphatic heterocycles. The lowest BCUT2D eigenvalue weighted by atomic mass is 10.6. The van der Waals surface area contributed by atoms with E-state index in [4.69, 9.17) is 0 Å². The smallest absolute Gasteiger partial charge is 0.222 e. The first-order valence-electron chi connectivity index (χ1n) is 3.43. The van der Waals surface area contributed by atoms with Crippen LogP contribution in [0.3, 0.4) is 0 Å². The van der Waals surface area contributed by atoms with Crippen molar-refractivity contribution in [2.45, 2.75) is 13.8 Å². The van der Waals surface area contributed by atoms with E-state index in [9.17, 15) is 4.79 Å². The summed E-state index contributed by atoms with van der Waals surface area (Å²) in [5.41, 5.74) is 0. The third-order valence-electron chi connectivity index (χ3n) is 1.29. The largest absolute Gasteiger partial charge is 0.312 e. The van der Waals surface area contributed by atoms with Crippen LogP contribution < -0.4 is 5.32 Å². The molecule has 0 bridgehead atoms. The van der Waals surface area contributed by atoms with Crippen LogP contribution in [0, 0.1) is 19.3 Å². The Morgan fingerprint density at radius 2 is 2.42 bits per heavy atom. The molecular formula is C8H9N3O. The number of carbonyl (C=O) groups is 1. The molecule has 1 N–H and O–H groups in total. The molecule has 1 aromatic rings. The zero-order valence-corrected chi connectivity index (χ0v) is 7.01. The van der Waals surface area contributed by atoms with E-state index in [2.05, 4.69) is 29.3 Å². The topological polar surface area (TPSA) is 46.9 Å². The van der Waals surface area contributed by atoms with Gasteiger partial charge in [-0.15, -0.1) is 0 Å². The summed E-state index contributed by atoms with van der Waals surface area (Å²) in [7, 11) is 0. The third-order valence-corrected chi connectivity index (χ3v) is 1.29. The van der Waals surface area contributed by atoms with Crippen molar-refractivity contribution in [2.75, 3.05) is 0 Å². The van der Waals surface area contributed by atoms with Gasteiger partial charge in [0.1, 0.15) is 11.6 Å². The maximum absolute atomic E-state index is 10.6. The van der Waals surface area contributed by atoms with Gasteiger partial charge in [0.2, 0.25) is 5.91 Å². The van der Waals surface area contributed by atoms with Crippen molar-refractivity contribution in [1.82, 2.24) is 14.9 Å². The number of rotatable bonds is 2. The first kappa shape index (κ1) is 8.34. The van der Waals surface area contributed by atoms with E-state index >= 15 is 0 Å². The molecule has 0 spiro atoms. The van der Waals surface area contributed by atoms with E-state index in [1.54, 1.807) is 6.92 Å². The van der Waals surface area contributed by atoms with Gasteiger partial charge in [-0.2, -0.15) is 4.98 Å². The predicted octanol–water partition coefficient (Wildman–Crippen LogP) is 0.356. The number of hydrogen-bond acceptors (Lipinski definition) is 2. The quantitative estimate of drug-likeness (QED) is 0.684. The SMILES string of the molecule is C=C(NC(C)=O)n1c#cnc1C. The fraction of sp³-hybridized carbons (Fsp3) is 0.250. The molecule has 0 saturated carbocycles. The van der Waals surface area contributed by atoms with Gasteiger partial charge in [0.15, 0.2) is 0 Å². The number of aromatic nitrogens is 2. The number of nitrogens with zero attached hydrogens (tertiary/aromatic N) is 2. The minimum absolute atomic E-state index is 0.165.